The Balaban J connectivity index is 1.44. The van der Waals surface area contributed by atoms with Gasteiger partial charge in [-0.3, -0.25) is 19.5 Å². The number of carboxylic acids is 1. The number of nitrogens with two attached hydrogens (primary N) is 2. The zero-order valence-corrected chi connectivity index (χ0v) is 27.8. The van der Waals surface area contributed by atoms with E-state index >= 15 is 0 Å². The van der Waals surface area contributed by atoms with Crippen LogP contribution >= 0.6 is 11.3 Å². The fourth-order valence-electron chi connectivity index (χ4n) is 4.44. The molecule has 1 fully saturated rings. The summed E-state index contributed by atoms with van der Waals surface area (Å²) in [6.07, 6.45) is 0.265. The zero-order valence-electron chi connectivity index (χ0n) is 26.2. The molecule has 3 heterocycles. The smallest absolute Gasteiger partial charge is 0.418 e. The Labute approximate surface area is 279 Å². The van der Waals surface area contributed by atoms with Gasteiger partial charge in [0, 0.05) is 23.6 Å². The Bertz CT molecular complexity index is 1810. The number of nitrogen functional groups attached to an aromatic ring is 1. The first-order valence-corrected chi connectivity index (χ1v) is 16.4. The number of carbonyl (C=O) groups is 3. The van der Waals surface area contributed by atoms with E-state index in [4.69, 9.17) is 25.6 Å². The van der Waals surface area contributed by atoms with E-state index in [2.05, 4.69) is 25.1 Å². The molecule has 0 bridgehead atoms. The molecule has 0 saturated carbocycles. The molecule has 0 spiro atoms. The molecule has 8 N–H and O–H groups in total. The number of amides is 2. The molecular weight excluding hydrogens is 672 g/mol. The van der Waals surface area contributed by atoms with Crippen LogP contribution in [0.4, 0.5) is 10.9 Å². The number of hydroxylamine groups is 2. The van der Waals surface area contributed by atoms with Gasteiger partial charge in [0.15, 0.2) is 10.8 Å². The second-order valence-electron chi connectivity index (χ2n) is 11.2. The molecule has 48 heavy (non-hydrogen) atoms. The van der Waals surface area contributed by atoms with Crippen molar-refractivity contribution in [3.05, 3.63) is 53.7 Å². The highest BCUT2D eigenvalue weighted by molar-refractivity contribution is 7.80. The molecule has 18 nitrogen and oxygen atoms in total. The van der Waals surface area contributed by atoms with Crippen molar-refractivity contribution >= 4 is 56.2 Å². The van der Waals surface area contributed by atoms with Crippen LogP contribution in [-0.2, 0) is 41.0 Å². The number of aliphatic carboxylic acids is 1. The Morgan fingerprint density at radius 3 is 2.42 bits per heavy atom. The highest BCUT2D eigenvalue weighted by Crippen LogP contribution is 2.33. The van der Waals surface area contributed by atoms with Gasteiger partial charge in [-0.05, 0) is 44.5 Å². The van der Waals surface area contributed by atoms with Gasteiger partial charge in [0.1, 0.15) is 30.1 Å². The summed E-state index contributed by atoms with van der Waals surface area (Å²) in [5.41, 5.74) is 11.2. The molecule has 2 amide bonds. The number of aromatic nitrogens is 2. The SMILES string of the molecule is CC(CN)Nc1ccc(-c2ccc(OC[C@H](O/N=C(\C(=O)NC3C(=O)N(OS(=O)(=O)O)C3(C)C)c3csc(N)n3)C(=O)O)cc2)c[n+]1C. The minimum atomic E-state index is -5.02. The molecule has 1 aliphatic rings. The first-order chi connectivity index (χ1) is 22.5. The maximum atomic E-state index is 13.2. The fourth-order valence-corrected chi connectivity index (χ4v) is 5.44. The van der Waals surface area contributed by atoms with Crippen molar-refractivity contribution in [2.45, 2.75) is 44.5 Å². The van der Waals surface area contributed by atoms with E-state index in [0.29, 0.717) is 17.4 Å². The lowest BCUT2D eigenvalue weighted by molar-refractivity contribution is -0.656. The van der Waals surface area contributed by atoms with Crippen LogP contribution in [-0.4, -0.2) is 88.5 Å². The number of β-lactam (4-membered cyclic amide) rings is 1. The molecule has 2 aromatic heterocycles. The number of carbonyl (C=O) groups excluding carboxylic acids is 2. The van der Waals surface area contributed by atoms with Crippen molar-refractivity contribution in [3.8, 4) is 16.9 Å². The van der Waals surface area contributed by atoms with Gasteiger partial charge in [-0.2, -0.15) is 13.5 Å². The maximum Gasteiger partial charge on any atom is 0.418 e. The molecular formula is C28H35N8O10S2+. The van der Waals surface area contributed by atoms with Crippen molar-refractivity contribution in [1.29, 1.82) is 0 Å². The average Bonchev–Trinajstić information content (AvgIpc) is 3.46. The monoisotopic (exact) mass is 707 g/mol. The summed E-state index contributed by atoms with van der Waals surface area (Å²) >= 11 is 0.958. The number of nitrogens with one attached hydrogen (secondary N) is 2. The summed E-state index contributed by atoms with van der Waals surface area (Å²) in [4.78, 5) is 46.9. The number of rotatable bonds is 15. The lowest BCUT2D eigenvalue weighted by Gasteiger charge is -2.50. The number of pyridine rings is 1. The molecule has 20 heteroatoms. The van der Waals surface area contributed by atoms with E-state index in [1.807, 2.05) is 36.9 Å². The van der Waals surface area contributed by atoms with E-state index in [1.54, 1.807) is 24.3 Å². The summed E-state index contributed by atoms with van der Waals surface area (Å²) in [6, 6.07) is 9.58. The number of thiazole rings is 1. The van der Waals surface area contributed by atoms with Crippen LogP contribution in [0.3, 0.4) is 0 Å². The van der Waals surface area contributed by atoms with Crippen molar-refractivity contribution < 1.29 is 50.9 Å². The maximum absolute atomic E-state index is 13.2. The molecule has 0 aliphatic carbocycles. The summed E-state index contributed by atoms with van der Waals surface area (Å²) < 4.78 is 43.0. The molecule has 1 saturated heterocycles. The van der Waals surface area contributed by atoms with E-state index in [0.717, 1.165) is 28.3 Å². The first kappa shape index (κ1) is 36.0. The third-order valence-electron chi connectivity index (χ3n) is 7.12. The molecule has 4 rings (SSSR count). The van der Waals surface area contributed by atoms with Crippen LogP contribution < -0.4 is 31.4 Å². The largest absolute Gasteiger partial charge is 0.489 e. The number of oxime groups is 1. The number of carboxylic acid groups (broad SMARTS) is 1. The lowest BCUT2D eigenvalue weighted by atomic mass is 9.84. The predicted octanol–water partition coefficient (Wildman–Crippen LogP) is 0.0688. The van der Waals surface area contributed by atoms with Crippen LogP contribution in [0.5, 0.6) is 5.75 Å². The number of aryl methyl sites for hydroxylation is 1. The van der Waals surface area contributed by atoms with Crippen LogP contribution in [0, 0.1) is 0 Å². The second kappa shape index (κ2) is 14.5. The van der Waals surface area contributed by atoms with Crippen LogP contribution in [0.25, 0.3) is 11.1 Å². The van der Waals surface area contributed by atoms with Gasteiger partial charge in [-0.25, -0.2) is 14.3 Å². The van der Waals surface area contributed by atoms with E-state index in [9.17, 15) is 27.9 Å². The highest BCUT2D eigenvalue weighted by Gasteiger charge is 2.58. The highest BCUT2D eigenvalue weighted by atomic mass is 32.3. The molecule has 1 aromatic carbocycles. The third-order valence-corrected chi connectivity index (χ3v) is 8.13. The first-order valence-electron chi connectivity index (χ1n) is 14.2. The van der Waals surface area contributed by atoms with Crippen LogP contribution in [0.2, 0.25) is 0 Å². The summed E-state index contributed by atoms with van der Waals surface area (Å²) in [7, 11) is -3.11. The van der Waals surface area contributed by atoms with Crippen LogP contribution in [0.1, 0.15) is 26.5 Å². The number of anilines is 2. The number of benzene rings is 1. The van der Waals surface area contributed by atoms with Crippen molar-refractivity contribution in [2.75, 3.05) is 24.2 Å². The molecule has 3 aromatic rings. The molecule has 3 atom stereocenters. The summed E-state index contributed by atoms with van der Waals surface area (Å²) in [5, 5.41) is 20.9. The summed E-state index contributed by atoms with van der Waals surface area (Å²) in [5.74, 6) is -2.23. The fraction of sp³-hybridized carbons (Fsp3) is 0.357. The van der Waals surface area contributed by atoms with Gasteiger partial charge in [0.05, 0.1) is 18.8 Å². The van der Waals surface area contributed by atoms with Crippen molar-refractivity contribution in [2.24, 2.45) is 17.9 Å². The van der Waals surface area contributed by atoms with E-state index in [-0.39, 0.29) is 16.9 Å². The van der Waals surface area contributed by atoms with Gasteiger partial charge in [0.2, 0.25) is 0 Å². The minimum Gasteiger partial charge on any atom is -0.489 e. The number of hydrogen-bond donors (Lipinski definition) is 6. The molecule has 2 unspecified atom stereocenters. The average molecular weight is 708 g/mol. The number of nitrogens with zero attached hydrogens (tertiary/aromatic N) is 4. The van der Waals surface area contributed by atoms with Gasteiger partial charge in [-0.1, -0.05) is 17.3 Å². The summed E-state index contributed by atoms with van der Waals surface area (Å²) in [6.45, 7) is 4.69. The molecule has 0 radical (unpaired) electrons. The van der Waals surface area contributed by atoms with Gasteiger partial charge in [-0.15, -0.1) is 15.6 Å². The van der Waals surface area contributed by atoms with Crippen molar-refractivity contribution in [1.82, 2.24) is 15.4 Å². The second-order valence-corrected chi connectivity index (χ2v) is 13.1. The Hall–Kier alpha value is -4.89. The van der Waals surface area contributed by atoms with E-state index in [1.165, 1.54) is 19.2 Å². The number of ether oxygens (including phenoxy) is 1. The van der Waals surface area contributed by atoms with Gasteiger partial charge < -0.3 is 31.5 Å². The van der Waals surface area contributed by atoms with Gasteiger partial charge >= 0.3 is 16.4 Å². The molecule has 1 aliphatic heterocycles. The Kier molecular flexibility index (Phi) is 10.8. The minimum absolute atomic E-state index is 0.0578. The van der Waals surface area contributed by atoms with Gasteiger partial charge in [0.25, 0.3) is 23.7 Å². The predicted molar refractivity (Wildman–Crippen MR) is 172 cm³/mol. The Morgan fingerprint density at radius 2 is 1.88 bits per heavy atom. The van der Waals surface area contributed by atoms with E-state index < -0.39 is 58.2 Å². The zero-order chi connectivity index (χ0) is 35.4. The Morgan fingerprint density at radius 1 is 1.21 bits per heavy atom. The third kappa shape index (κ3) is 8.52. The van der Waals surface area contributed by atoms with Crippen molar-refractivity contribution in [3.63, 3.8) is 0 Å². The lowest BCUT2D eigenvalue weighted by Crippen LogP contribution is -2.76. The standard InChI is InChI=1S/C28H34N8O10S2/c1-15(11-29)31-21-10-7-17(12-35(21)4)16-5-8-18(9-6-16)44-13-20(26(39)40)45-34-22(19-14-47-27(30)32-19)24(37)33-23-25(38)36(28(23,2)3)46-48(41,42)43/h5-10,12,14-15,20,23H,11,13,29H2,1-4H3,(H5,30,32,33,37,39,40,41,42,43)/p+1/b34-22-/t15?,20-,23?/m0/s1. The topological polar surface area (TPSA) is 262 Å². The molecule has 258 valence electrons. The normalized spacial score (nSPS) is 17.2. The number of hydrogen-bond acceptors (Lipinski definition) is 14. The van der Waals surface area contributed by atoms with Crippen LogP contribution in [0.15, 0.2) is 53.1 Å². The quantitative estimate of drug-likeness (QED) is 0.0402.